The van der Waals surface area contributed by atoms with Gasteiger partial charge in [0, 0.05) is 6.04 Å². The first kappa shape index (κ1) is 13.4. The maximum Gasteiger partial charge on any atom is 0.416 e. The summed E-state index contributed by atoms with van der Waals surface area (Å²) in [6.45, 7) is 1.77. The topological polar surface area (TPSA) is 38.0 Å². The SMILES string of the molecule is N[C@@H](c1cccc(C(F)(F)F)c1)C1CCNCC1. The lowest BCUT2D eigenvalue weighted by Gasteiger charge is -2.28. The van der Waals surface area contributed by atoms with Crippen molar-refractivity contribution in [3.8, 4) is 0 Å². The molecule has 0 aromatic heterocycles. The predicted octanol–water partition coefficient (Wildman–Crippen LogP) is 2.70. The Morgan fingerprint density at radius 3 is 2.50 bits per heavy atom. The van der Waals surface area contributed by atoms with Crippen molar-refractivity contribution in [1.29, 1.82) is 0 Å². The average molecular weight is 258 g/mol. The van der Waals surface area contributed by atoms with Gasteiger partial charge >= 0.3 is 6.18 Å². The molecule has 1 atom stereocenters. The fourth-order valence-corrected chi connectivity index (χ4v) is 2.40. The molecule has 2 rings (SSSR count). The van der Waals surface area contributed by atoms with Crippen LogP contribution in [0.25, 0.3) is 0 Å². The Hall–Kier alpha value is -1.07. The summed E-state index contributed by atoms with van der Waals surface area (Å²) in [5.74, 6) is 0.259. The number of alkyl halides is 3. The van der Waals surface area contributed by atoms with E-state index in [0.717, 1.165) is 32.0 Å². The quantitative estimate of drug-likeness (QED) is 0.856. The Morgan fingerprint density at radius 2 is 1.89 bits per heavy atom. The second-order valence-corrected chi connectivity index (χ2v) is 4.74. The summed E-state index contributed by atoms with van der Waals surface area (Å²) in [7, 11) is 0. The molecule has 1 aliphatic rings. The van der Waals surface area contributed by atoms with Gasteiger partial charge in [-0.1, -0.05) is 12.1 Å². The molecule has 1 saturated heterocycles. The van der Waals surface area contributed by atoms with E-state index in [0.29, 0.717) is 5.56 Å². The molecule has 1 heterocycles. The van der Waals surface area contributed by atoms with Crippen LogP contribution in [0.1, 0.15) is 30.0 Å². The van der Waals surface area contributed by atoms with Gasteiger partial charge in [-0.2, -0.15) is 13.2 Å². The van der Waals surface area contributed by atoms with Gasteiger partial charge in [0.25, 0.3) is 0 Å². The van der Waals surface area contributed by atoms with Crippen molar-refractivity contribution < 1.29 is 13.2 Å². The van der Waals surface area contributed by atoms with Crippen molar-refractivity contribution >= 4 is 0 Å². The molecule has 1 aliphatic heterocycles. The van der Waals surface area contributed by atoms with Gasteiger partial charge in [0.1, 0.15) is 0 Å². The molecule has 0 amide bonds. The summed E-state index contributed by atoms with van der Waals surface area (Å²) in [5.41, 5.74) is 6.05. The third-order valence-electron chi connectivity index (χ3n) is 3.49. The fourth-order valence-electron chi connectivity index (χ4n) is 2.40. The second-order valence-electron chi connectivity index (χ2n) is 4.74. The fraction of sp³-hybridized carbons (Fsp3) is 0.538. The van der Waals surface area contributed by atoms with Gasteiger partial charge in [-0.3, -0.25) is 0 Å². The molecule has 0 radical (unpaired) electrons. The molecule has 100 valence electrons. The van der Waals surface area contributed by atoms with Crippen molar-refractivity contribution in [2.45, 2.75) is 25.1 Å². The van der Waals surface area contributed by atoms with E-state index in [1.165, 1.54) is 12.1 Å². The van der Waals surface area contributed by atoms with Gasteiger partial charge in [-0.05, 0) is 49.5 Å². The van der Waals surface area contributed by atoms with Crippen molar-refractivity contribution in [2.24, 2.45) is 11.7 Å². The maximum absolute atomic E-state index is 12.6. The second kappa shape index (κ2) is 5.28. The molecule has 3 N–H and O–H groups in total. The number of hydrogen-bond donors (Lipinski definition) is 2. The lowest BCUT2D eigenvalue weighted by atomic mass is 9.86. The van der Waals surface area contributed by atoms with E-state index in [-0.39, 0.29) is 12.0 Å². The van der Waals surface area contributed by atoms with Gasteiger partial charge in [-0.15, -0.1) is 0 Å². The van der Waals surface area contributed by atoms with Crippen LogP contribution in [0.5, 0.6) is 0 Å². The summed E-state index contributed by atoms with van der Waals surface area (Å²) in [6, 6.07) is 5.06. The maximum atomic E-state index is 12.6. The number of benzene rings is 1. The van der Waals surface area contributed by atoms with Crippen molar-refractivity contribution in [2.75, 3.05) is 13.1 Å². The first-order valence-electron chi connectivity index (χ1n) is 6.12. The zero-order valence-electron chi connectivity index (χ0n) is 10.0. The Bertz CT molecular complexity index is 397. The molecule has 1 aromatic rings. The largest absolute Gasteiger partial charge is 0.416 e. The summed E-state index contributed by atoms with van der Waals surface area (Å²) in [4.78, 5) is 0. The highest BCUT2D eigenvalue weighted by Crippen LogP contribution is 2.33. The molecule has 0 bridgehead atoms. The number of piperidine rings is 1. The Balaban J connectivity index is 2.17. The van der Waals surface area contributed by atoms with Crippen LogP contribution in [0.2, 0.25) is 0 Å². The van der Waals surface area contributed by atoms with E-state index < -0.39 is 11.7 Å². The summed E-state index contributed by atoms with van der Waals surface area (Å²) < 4.78 is 37.9. The van der Waals surface area contributed by atoms with Crippen LogP contribution in [0.4, 0.5) is 13.2 Å². The third kappa shape index (κ3) is 3.03. The number of nitrogens with two attached hydrogens (primary N) is 1. The number of rotatable bonds is 2. The summed E-state index contributed by atoms with van der Waals surface area (Å²) in [6.07, 6.45) is -2.47. The van der Waals surface area contributed by atoms with Crippen LogP contribution in [-0.2, 0) is 6.18 Å². The van der Waals surface area contributed by atoms with Gasteiger partial charge in [0.2, 0.25) is 0 Å². The summed E-state index contributed by atoms with van der Waals surface area (Å²) >= 11 is 0. The molecule has 1 aromatic carbocycles. The normalized spacial score (nSPS) is 19.8. The van der Waals surface area contributed by atoms with E-state index in [1.54, 1.807) is 6.07 Å². The average Bonchev–Trinajstić information content (AvgIpc) is 2.38. The minimum Gasteiger partial charge on any atom is -0.324 e. The number of halogens is 3. The lowest BCUT2D eigenvalue weighted by Crippen LogP contribution is -2.33. The van der Waals surface area contributed by atoms with Gasteiger partial charge < -0.3 is 11.1 Å². The van der Waals surface area contributed by atoms with Crippen LogP contribution >= 0.6 is 0 Å². The highest BCUT2D eigenvalue weighted by atomic mass is 19.4. The molecular weight excluding hydrogens is 241 g/mol. The zero-order valence-corrected chi connectivity index (χ0v) is 10.0. The van der Waals surface area contributed by atoms with E-state index in [4.69, 9.17) is 5.73 Å². The van der Waals surface area contributed by atoms with Gasteiger partial charge in [0.05, 0.1) is 5.56 Å². The molecule has 2 nitrogen and oxygen atoms in total. The monoisotopic (exact) mass is 258 g/mol. The van der Waals surface area contributed by atoms with Gasteiger partial charge in [-0.25, -0.2) is 0 Å². The Morgan fingerprint density at radius 1 is 1.22 bits per heavy atom. The third-order valence-corrected chi connectivity index (χ3v) is 3.49. The van der Waals surface area contributed by atoms with E-state index >= 15 is 0 Å². The standard InChI is InChI=1S/C13H17F3N2/c14-13(15,16)11-3-1-2-10(8-11)12(17)9-4-6-18-7-5-9/h1-3,8-9,12,18H,4-7,17H2/t12-/m1/s1. The first-order valence-corrected chi connectivity index (χ1v) is 6.12. The highest BCUT2D eigenvalue weighted by molar-refractivity contribution is 5.28. The van der Waals surface area contributed by atoms with Gasteiger partial charge in [0.15, 0.2) is 0 Å². The lowest BCUT2D eigenvalue weighted by molar-refractivity contribution is -0.137. The highest BCUT2D eigenvalue weighted by Gasteiger charge is 2.31. The predicted molar refractivity (Wildman–Crippen MR) is 64.0 cm³/mol. The molecule has 18 heavy (non-hydrogen) atoms. The molecule has 0 spiro atoms. The summed E-state index contributed by atoms with van der Waals surface area (Å²) in [5, 5.41) is 3.22. The minimum absolute atomic E-state index is 0.259. The number of hydrogen-bond acceptors (Lipinski definition) is 2. The molecule has 5 heteroatoms. The van der Waals surface area contributed by atoms with Crippen molar-refractivity contribution in [1.82, 2.24) is 5.32 Å². The molecule has 1 fully saturated rings. The van der Waals surface area contributed by atoms with Crippen LogP contribution in [-0.4, -0.2) is 13.1 Å². The first-order chi connectivity index (χ1) is 8.48. The Labute approximate surface area is 104 Å². The number of nitrogens with one attached hydrogen (secondary N) is 1. The van der Waals surface area contributed by atoms with Crippen molar-refractivity contribution in [3.63, 3.8) is 0 Å². The van der Waals surface area contributed by atoms with Crippen LogP contribution in [0.15, 0.2) is 24.3 Å². The van der Waals surface area contributed by atoms with Crippen molar-refractivity contribution in [3.05, 3.63) is 35.4 Å². The Kier molecular flexibility index (Phi) is 3.92. The van der Waals surface area contributed by atoms with E-state index in [9.17, 15) is 13.2 Å². The van der Waals surface area contributed by atoms with E-state index in [2.05, 4.69) is 5.32 Å². The van der Waals surface area contributed by atoms with Crippen LogP contribution in [0.3, 0.4) is 0 Å². The minimum atomic E-state index is -4.30. The van der Waals surface area contributed by atoms with E-state index in [1.807, 2.05) is 0 Å². The zero-order chi connectivity index (χ0) is 13.2. The molecule has 0 saturated carbocycles. The van der Waals surface area contributed by atoms with Crippen LogP contribution < -0.4 is 11.1 Å². The smallest absolute Gasteiger partial charge is 0.324 e. The molecular formula is C13H17F3N2. The molecule has 0 unspecified atom stereocenters. The molecule has 0 aliphatic carbocycles. The van der Waals surface area contributed by atoms with Crippen LogP contribution in [0, 0.1) is 5.92 Å².